The number of nitrogens with one attached hydrogen (secondary N) is 1. The molecule has 1 N–H and O–H groups in total. The molecule has 0 fully saturated rings. The van der Waals surface area contributed by atoms with Crippen molar-refractivity contribution in [3.8, 4) is 10.6 Å². The molecule has 3 aromatic carbocycles. The molecule has 1 aliphatic rings. The largest absolute Gasteiger partial charge is 0.322 e. The Morgan fingerprint density at radius 3 is 2.26 bits per heavy atom. The van der Waals surface area contributed by atoms with Crippen LogP contribution >= 0.6 is 11.3 Å². The van der Waals surface area contributed by atoms with E-state index in [0.717, 1.165) is 10.6 Å². The molecule has 0 spiro atoms. The third kappa shape index (κ3) is 4.26. The fourth-order valence-electron chi connectivity index (χ4n) is 3.53. The number of nitrogens with zero attached hydrogens (tertiary/aromatic N) is 4. The molecule has 0 radical (unpaired) electrons. The van der Waals surface area contributed by atoms with Crippen molar-refractivity contribution in [2.24, 2.45) is 17.3 Å². The van der Waals surface area contributed by atoms with Crippen LogP contribution in [0.25, 0.3) is 10.6 Å². The summed E-state index contributed by atoms with van der Waals surface area (Å²) in [5.41, 5.74) is 3.08. The second-order valence-corrected chi connectivity index (χ2v) is 8.47. The van der Waals surface area contributed by atoms with Gasteiger partial charge < -0.3 is 5.32 Å². The monoisotopic (exact) mass is 465 g/mol. The Morgan fingerprint density at radius 2 is 1.53 bits per heavy atom. The van der Waals surface area contributed by atoms with Crippen LogP contribution in [-0.2, 0) is 11.8 Å². The number of hydrogen-bond acceptors (Lipinski definition) is 6. The van der Waals surface area contributed by atoms with Gasteiger partial charge in [-0.25, -0.2) is 4.68 Å². The molecule has 34 heavy (non-hydrogen) atoms. The summed E-state index contributed by atoms with van der Waals surface area (Å²) in [7, 11) is 1.80. The van der Waals surface area contributed by atoms with Gasteiger partial charge in [0.1, 0.15) is 5.01 Å². The van der Waals surface area contributed by atoms with E-state index in [1.807, 2.05) is 54.6 Å². The second kappa shape index (κ2) is 9.21. The number of carbonyl (C=O) groups is 2. The van der Waals surface area contributed by atoms with E-state index in [9.17, 15) is 9.59 Å². The number of rotatable bonds is 4. The minimum Gasteiger partial charge on any atom is -0.322 e. The summed E-state index contributed by atoms with van der Waals surface area (Å²) in [6, 6.07) is 25.9. The standard InChI is InChI=1S/C26H19N5O2S/c1-31-26(34-25(30-31)17-10-4-2-5-11-17)29-28-22-16-21(23(32)20-15-9-8-14-19(20)22)24(33)27-18-12-6-3-7-13-18/h2-16H,1H3,(H,27,33)/b28-22-,29-26-. The van der Waals surface area contributed by atoms with Gasteiger partial charge in [-0.3, -0.25) is 9.59 Å². The highest BCUT2D eigenvalue weighted by Gasteiger charge is 2.28. The van der Waals surface area contributed by atoms with E-state index in [-0.39, 0.29) is 11.4 Å². The van der Waals surface area contributed by atoms with Gasteiger partial charge in [-0.05, 0) is 18.2 Å². The number of para-hydroxylation sites is 1. The minimum absolute atomic E-state index is 0.00940. The van der Waals surface area contributed by atoms with Gasteiger partial charge in [-0.2, -0.15) is 5.10 Å². The number of benzene rings is 3. The quantitative estimate of drug-likeness (QED) is 0.362. The molecule has 0 saturated heterocycles. The van der Waals surface area contributed by atoms with Crippen molar-refractivity contribution in [2.45, 2.75) is 0 Å². The maximum Gasteiger partial charge on any atom is 0.259 e. The molecule has 1 heterocycles. The number of allylic oxidation sites excluding steroid dienone is 1. The van der Waals surface area contributed by atoms with Crippen LogP contribution in [0.1, 0.15) is 15.9 Å². The Bertz CT molecular complexity index is 1520. The minimum atomic E-state index is -0.492. The lowest BCUT2D eigenvalue weighted by Gasteiger charge is -2.16. The molecule has 8 heteroatoms. The number of anilines is 1. The highest BCUT2D eigenvalue weighted by molar-refractivity contribution is 7.12. The van der Waals surface area contributed by atoms with Crippen LogP contribution in [0.2, 0.25) is 0 Å². The first-order valence-electron chi connectivity index (χ1n) is 10.5. The van der Waals surface area contributed by atoms with Crippen LogP contribution in [0.4, 0.5) is 5.69 Å². The average molecular weight is 466 g/mol. The summed E-state index contributed by atoms with van der Waals surface area (Å²) in [5.74, 6) is -0.842. The van der Waals surface area contributed by atoms with Crippen LogP contribution in [0.3, 0.4) is 0 Å². The van der Waals surface area contributed by atoms with Gasteiger partial charge in [-0.15, -0.1) is 10.2 Å². The first-order chi connectivity index (χ1) is 16.6. The molecule has 7 nitrogen and oxygen atoms in total. The lowest BCUT2D eigenvalue weighted by molar-refractivity contribution is -0.112. The number of Topliss-reactive ketones (excluding diaryl/α,β-unsaturated/α-hetero) is 1. The van der Waals surface area contributed by atoms with Crippen molar-refractivity contribution < 1.29 is 9.59 Å². The summed E-state index contributed by atoms with van der Waals surface area (Å²) in [6.07, 6.45) is 1.49. The third-order valence-corrected chi connectivity index (χ3v) is 6.26. The van der Waals surface area contributed by atoms with Gasteiger partial charge in [0.05, 0.1) is 11.3 Å². The molecule has 166 valence electrons. The Labute approximate surface area is 199 Å². The van der Waals surface area contributed by atoms with E-state index in [2.05, 4.69) is 20.6 Å². The van der Waals surface area contributed by atoms with Crippen LogP contribution in [0.15, 0.2) is 107 Å². The van der Waals surface area contributed by atoms with Crippen LogP contribution in [-0.4, -0.2) is 27.2 Å². The van der Waals surface area contributed by atoms with E-state index in [4.69, 9.17) is 0 Å². The normalized spacial score (nSPS) is 14.6. The molecule has 4 aromatic rings. The highest BCUT2D eigenvalue weighted by atomic mass is 32.1. The van der Waals surface area contributed by atoms with Crippen molar-refractivity contribution in [1.29, 1.82) is 0 Å². The Kier molecular flexibility index (Phi) is 5.80. The van der Waals surface area contributed by atoms with Crippen molar-refractivity contribution in [2.75, 3.05) is 5.32 Å². The Hall–Kier alpha value is -4.43. The fourth-order valence-corrected chi connectivity index (χ4v) is 4.38. The summed E-state index contributed by atoms with van der Waals surface area (Å²) in [4.78, 5) is 26.6. The molecular weight excluding hydrogens is 446 g/mol. The van der Waals surface area contributed by atoms with Gasteiger partial charge in [0.15, 0.2) is 5.78 Å². The number of carbonyl (C=O) groups excluding carboxylic acids is 2. The van der Waals surface area contributed by atoms with Crippen molar-refractivity contribution in [3.05, 3.63) is 113 Å². The molecule has 5 rings (SSSR count). The summed E-state index contributed by atoms with van der Waals surface area (Å²) >= 11 is 1.40. The smallest absolute Gasteiger partial charge is 0.259 e. The number of ketones is 1. The van der Waals surface area contributed by atoms with Gasteiger partial charge in [-0.1, -0.05) is 84.1 Å². The molecule has 0 unspecified atom stereocenters. The molecule has 1 amide bonds. The lowest BCUT2D eigenvalue weighted by Crippen LogP contribution is -2.26. The van der Waals surface area contributed by atoms with Crippen molar-refractivity contribution in [3.63, 3.8) is 0 Å². The molecule has 1 aliphatic carbocycles. The second-order valence-electron chi connectivity index (χ2n) is 7.52. The van der Waals surface area contributed by atoms with Crippen molar-refractivity contribution in [1.82, 2.24) is 9.78 Å². The average Bonchev–Trinajstić information content (AvgIpc) is 3.25. The van der Waals surface area contributed by atoms with E-state index >= 15 is 0 Å². The maximum absolute atomic E-state index is 13.1. The fraction of sp³-hybridized carbons (Fsp3) is 0.0385. The van der Waals surface area contributed by atoms with Gasteiger partial charge in [0.2, 0.25) is 4.80 Å². The van der Waals surface area contributed by atoms with Crippen LogP contribution in [0, 0.1) is 0 Å². The van der Waals surface area contributed by atoms with Crippen LogP contribution < -0.4 is 10.1 Å². The van der Waals surface area contributed by atoms with Crippen molar-refractivity contribution >= 4 is 34.4 Å². The van der Waals surface area contributed by atoms with E-state index < -0.39 is 5.91 Å². The molecule has 0 aliphatic heterocycles. The molecule has 1 aromatic heterocycles. The summed E-state index contributed by atoms with van der Waals surface area (Å²) in [6.45, 7) is 0. The zero-order chi connectivity index (χ0) is 23.5. The first-order valence-corrected chi connectivity index (χ1v) is 11.4. The van der Waals surface area contributed by atoms with E-state index in [1.165, 1.54) is 17.4 Å². The Balaban J connectivity index is 1.54. The molecule has 0 atom stereocenters. The predicted octanol–water partition coefficient (Wildman–Crippen LogP) is 4.22. The van der Waals surface area contributed by atoms with E-state index in [1.54, 1.807) is 42.1 Å². The van der Waals surface area contributed by atoms with Gasteiger partial charge in [0, 0.05) is 29.4 Å². The van der Waals surface area contributed by atoms with Crippen LogP contribution in [0.5, 0.6) is 0 Å². The maximum atomic E-state index is 13.1. The number of fused-ring (bicyclic) bond motifs is 1. The number of aromatic nitrogens is 2. The molecular formula is C26H19N5O2S. The lowest BCUT2D eigenvalue weighted by atomic mass is 9.88. The first kappa shape index (κ1) is 21.4. The number of hydrogen-bond donors (Lipinski definition) is 1. The predicted molar refractivity (Wildman–Crippen MR) is 133 cm³/mol. The molecule has 0 bridgehead atoms. The Morgan fingerprint density at radius 1 is 0.882 bits per heavy atom. The number of aryl methyl sites for hydroxylation is 1. The van der Waals surface area contributed by atoms with Gasteiger partial charge in [0.25, 0.3) is 5.91 Å². The zero-order valence-corrected chi connectivity index (χ0v) is 19.0. The summed E-state index contributed by atoms with van der Waals surface area (Å²) < 4.78 is 1.66. The van der Waals surface area contributed by atoms with Gasteiger partial charge >= 0.3 is 0 Å². The summed E-state index contributed by atoms with van der Waals surface area (Å²) in [5, 5.41) is 16.9. The third-order valence-electron chi connectivity index (χ3n) is 5.22. The zero-order valence-electron chi connectivity index (χ0n) is 18.2. The topological polar surface area (TPSA) is 88.7 Å². The SMILES string of the molecule is Cn1nc(-c2ccccc2)s/c1=N\N=C1\C=C(C(=O)Nc2ccccc2)C(=O)c2ccccc21. The molecule has 0 saturated carbocycles. The van der Waals surface area contributed by atoms with E-state index in [0.29, 0.717) is 27.3 Å². The number of amides is 1. The highest BCUT2D eigenvalue weighted by Crippen LogP contribution is 2.23.